The number of benzene rings is 5. The van der Waals surface area contributed by atoms with Crippen LogP contribution in [0.15, 0.2) is 108 Å². The van der Waals surface area contributed by atoms with Crippen LogP contribution >= 0.6 is 11.6 Å². The maximum absolute atomic E-state index is 14.3. The van der Waals surface area contributed by atoms with Gasteiger partial charge in [0.1, 0.15) is 0 Å². The van der Waals surface area contributed by atoms with Gasteiger partial charge >= 0.3 is 0 Å². The number of carbonyl (C=O) groups is 1. The quantitative estimate of drug-likeness (QED) is 0.241. The maximum Gasteiger partial charge on any atom is 0.194 e. The molecular weight excluding hydrogens is 440 g/mol. The second-order valence-corrected chi connectivity index (χ2v) is 9.39. The molecular formula is C31H17ClO2. The van der Waals surface area contributed by atoms with Gasteiger partial charge in [-0.3, -0.25) is 9.59 Å². The van der Waals surface area contributed by atoms with Crippen LogP contribution in [0.2, 0.25) is 0 Å². The molecule has 0 saturated carbocycles. The summed E-state index contributed by atoms with van der Waals surface area (Å²) in [6.07, 6.45) is 0. The third-order valence-electron chi connectivity index (χ3n) is 7.14. The lowest BCUT2D eigenvalue weighted by molar-refractivity contribution is -0.115. The molecule has 4 aromatic rings. The topological polar surface area (TPSA) is 34.1 Å². The Hall–Kier alpha value is -4.01. The molecule has 0 amide bonds. The van der Waals surface area contributed by atoms with Gasteiger partial charge in [0, 0.05) is 32.7 Å². The Morgan fingerprint density at radius 1 is 0.559 bits per heavy atom. The van der Waals surface area contributed by atoms with Gasteiger partial charge in [0.05, 0.1) is 0 Å². The van der Waals surface area contributed by atoms with Gasteiger partial charge in [-0.2, -0.15) is 0 Å². The number of alkyl halides is 1. The molecule has 3 heteroatoms. The molecule has 4 aromatic carbocycles. The molecule has 0 aromatic heterocycles. The fourth-order valence-corrected chi connectivity index (χ4v) is 6.15. The minimum Gasteiger partial charge on any atom is -0.291 e. The van der Waals surface area contributed by atoms with Crippen molar-refractivity contribution in [2.75, 3.05) is 0 Å². The number of hydrogen-bond donors (Lipinski definition) is 0. The van der Waals surface area contributed by atoms with Gasteiger partial charge in [0.2, 0.25) is 0 Å². The molecule has 1 atom stereocenters. The monoisotopic (exact) mass is 456 g/mol. The summed E-state index contributed by atoms with van der Waals surface area (Å²) in [5.74, 6) is -0.130. The van der Waals surface area contributed by atoms with E-state index < -0.39 is 4.87 Å². The van der Waals surface area contributed by atoms with E-state index in [1.807, 2.05) is 103 Å². The van der Waals surface area contributed by atoms with Gasteiger partial charge in [-0.25, -0.2) is 0 Å². The number of rotatable bonds is 2. The molecule has 0 aliphatic heterocycles. The van der Waals surface area contributed by atoms with Crippen molar-refractivity contribution in [3.05, 3.63) is 135 Å². The van der Waals surface area contributed by atoms with Crippen molar-refractivity contribution in [2.24, 2.45) is 0 Å². The standard InChI is InChI=1S/C31H17ClO2/c32-31(19-12-5-2-6-13-19)28-26-20-14-7-8-15-21(20)29(33)23-17-9-16-22(25(23)26)27(28)24(30(31)34)18-10-3-1-4-11-18/h1-17H. The molecule has 34 heavy (non-hydrogen) atoms. The van der Waals surface area contributed by atoms with Crippen LogP contribution in [0.3, 0.4) is 0 Å². The minimum absolute atomic E-state index is 0.00449. The fourth-order valence-electron chi connectivity index (χ4n) is 5.74. The van der Waals surface area contributed by atoms with E-state index in [1.165, 1.54) is 0 Å². The average molecular weight is 457 g/mol. The van der Waals surface area contributed by atoms with E-state index in [2.05, 4.69) is 0 Å². The smallest absolute Gasteiger partial charge is 0.194 e. The lowest BCUT2D eigenvalue weighted by Crippen LogP contribution is -2.29. The van der Waals surface area contributed by atoms with Crippen LogP contribution in [0, 0.1) is 0 Å². The van der Waals surface area contributed by atoms with Crippen molar-refractivity contribution >= 4 is 44.5 Å². The summed E-state index contributed by atoms with van der Waals surface area (Å²) in [6, 6.07) is 32.7. The zero-order valence-corrected chi connectivity index (χ0v) is 18.8. The van der Waals surface area contributed by atoms with Crippen molar-refractivity contribution in [1.29, 1.82) is 0 Å². The Kier molecular flexibility index (Phi) is 3.87. The average Bonchev–Trinajstić information content (AvgIpc) is 3.35. The summed E-state index contributed by atoms with van der Waals surface area (Å²) in [4.78, 5) is 26.4. The van der Waals surface area contributed by atoms with Gasteiger partial charge in [0.15, 0.2) is 16.1 Å². The van der Waals surface area contributed by atoms with Crippen LogP contribution in [0.1, 0.15) is 16.7 Å². The first-order valence-electron chi connectivity index (χ1n) is 11.2. The van der Waals surface area contributed by atoms with Crippen molar-refractivity contribution < 1.29 is 4.79 Å². The maximum atomic E-state index is 14.3. The predicted octanol–water partition coefficient (Wildman–Crippen LogP) is 5.88. The van der Waals surface area contributed by atoms with Crippen molar-refractivity contribution in [1.82, 2.24) is 0 Å². The van der Waals surface area contributed by atoms with Crippen LogP contribution in [0.5, 0.6) is 0 Å². The lowest BCUT2D eigenvalue weighted by atomic mass is 9.83. The zero-order chi connectivity index (χ0) is 23.0. The molecule has 0 heterocycles. The Morgan fingerprint density at radius 3 is 1.88 bits per heavy atom. The largest absolute Gasteiger partial charge is 0.291 e. The summed E-state index contributed by atoms with van der Waals surface area (Å²) in [5, 5.41) is 3.87. The molecule has 0 bridgehead atoms. The van der Waals surface area contributed by atoms with Crippen LogP contribution in [0.25, 0.3) is 38.2 Å². The SMILES string of the molecule is O=C1C(c2ccccc2)=c2c(c3c4ccccc4c(=O)c4cccc2c4-3)C1(Cl)c1ccccc1. The minimum atomic E-state index is -1.39. The van der Waals surface area contributed by atoms with Crippen LogP contribution in [-0.4, -0.2) is 5.78 Å². The Bertz CT molecular complexity index is 1840. The van der Waals surface area contributed by atoms with Crippen molar-refractivity contribution in [2.45, 2.75) is 4.87 Å². The molecule has 0 fully saturated rings. The number of carbonyl (C=O) groups excluding carboxylic acids is 1. The van der Waals surface area contributed by atoms with Crippen molar-refractivity contribution in [3.8, 4) is 11.1 Å². The first-order valence-corrected chi connectivity index (χ1v) is 11.6. The van der Waals surface area contributed by atoms with Gasteiger partial charge in [-0.15, -0.1) is 0 Å². The van der Waals surface area contributed by atoms with Crippen molar-refractivity contribution in [3.63, 3.8) is 0 Å². The molecule has 0 saturated heterocycles. The summed E-state index contributed by atoms with van der Waals surface area (Å²) >= 11 is 7.50. The predicted molar refractivity (Wildman–Crippen MR) is 138 cm³/mol. The Morgan fingerprint density at radius 2 is 1.15 bits per heavy atom. The molecule has 1 unspecified atom stereocenters. The number of halogens is 1. The highest BCUT2D eigenvalue weighted by molar-refractivity contribution is 6.49. The van der Waals surface area contributed by atoms with E-state index in [1.54, 1.807) is 0 Å². The summed E-state index contributed by atoms with van der Waals surface area (Å²) < 4.78 is 0. The Labute approximate surface area is 200 Å². The van der Waals surface area contributed by atoms with Gasteiger partial charge in [-0.05, 0) is 27.5 Å². The zero-order valence-electron chi connectivity index (χ0n) is 18.0. The van der Waals surface area contributed by atoms with E-state index in [0.29, 0.717) is 16.3 Å². The molecule has 160 valence electrons. The van der Waals surface area contributed by atoms with Gasteiger partial charge in [0.25, 0.3) is 0 Å². The van der Waals surface area contributed by atoms with Gasteiger partial charge < -0.3 is 0 Å². The van der Waals surface area contributed by atoms with Crippen LogP contribution in [-0.2, 0) is 9.67 Å². The number of hydrogen-bond acceptors (Lipinski definition) is 2. The van der Waals surface area contributed by atoms with E-state index >= 15 is 0 Å². The molecule has 0 spiro atoms. The molecule has 7 rings (SSSR count). The number of fused-ring (bicyclic) bond motifs is 5. The first-order chi connectivity index (χ1) is 16.6. The highest BCUT2D eigenvalue weighted by Crippen LogP contribution is 2.52. The van der Waals surface area contributed by atoms with Crippen LogP contribution in [0.4, 0.5) is 0 Å². The second kappa shape index (κ2) is 6.75. The molecule has 0 N–H and O–H groups in total. The van der Waals surface area contributed by atoms with Gasteiger partial charge in [-0.1, -0.05) is 115 Å². The third kappa shape index (κ3) is 2.26. The molecule has 3 aliphatic rings. The number of Topliss-reactive ketones (excluding diaryl/α,β-unsaturated/α-hetero) is 1. The lowest BCUT2D eigenvalue weighted by Gasteiger charge is -2.25. The first kappa shape index (κ1) is 19.5. The highest BCUT2D eigenvalue weighted by atomic mass is 35.5. The second-order valence-electron chi connectivity index (χ2n) is 8.82. The summed E-state index contributed by atoms with van der Waals surface area (Å²) in [5.41, 5.74) is 4.74. The van der Waals surface area contributed by atoms with E-state index in [0.717, 1.165) is 43.8 Å². The fraction of sp³-hybridized carbons (Fsp3) is 0.0323. The number of ketones is 1. The summed E-state index contributed by atoms with van der Waals surface area (Å²) in [6.45, 7) is 0. The van der Waals surface area contributed by atoms with E-state index in [9.17, 15) is 9.59 Å². The summed E-state index contributed by atoms with van der Waals surface area (Å²) in [7, 11) is 0. The highest BCUT2D eigenvalue weighted by Gasteiger charge is 2.51. The molecule has 0 radical (unpaired) electrons. The molecule has 3 aliphatic carbocycles. The normalized spacial score (nSPS) is 17.8. The van der Waals surface area contributed by atoms with Crippen LogP contribution < -0.4 is 10.6 Å². The third-order valence-corrected chi connectivity index (χ3v) is 7.72. The molecule has 2 nitrogen and oxygen atoms in total. The Balaban J connectivity index is 1.81. The van der Waals surface area contributed by atoms with E-state index in [-0.39, 0.29) is 11.2 Å². The van der Waals surface area contributed by atoms with E-state index in [4.69, 9.17) is 11.6 Å².